The number of aromatic nitrogens is 2. The van der Waals surface area contributed by atoms with E-state index in [1.165, 1.54) is 12.0 Å². The predicted octanol–water partition coefficient (Wildman–Crippen LogP) is 3.27. The quantitative estimate of drug-likeness (QED) is 0.774. The van der Waals surface area contributed by atoms with Crippen molar-refractivity contribution < 1.29 is 4.74 Å². The van der Waals surface area contributed by atoms with Gasteiger partial charge in [0.25, 0.3) is 0 Å². The predicted molar refractivity (Wildman–Crippen MR) is 99.4 cm³/mol. The van der Waals surface area contributed by atoms with Gasteiger partial charge in [0.2, 0.25) is 0 Å². The second-order valence-electron chi connectivity index (χ2n) is 6.84. The molecule has 3 rings (SSSR count). The van der Waals surface area contributed by atoms with Crippen LogP contribution >= 0.6 is 0 Å². The van der Waals surface area contributed by atoms with Crippen LogP contribution in [0.15, 0.2) is 36.7 Å². The lowest BCUT2D eigenvalue weighted by atomic mass is 10.1. The number of benzene rings is 1. The smallest absolute Gasteiger partial charge is 0.123 e. The van der Waals surface area contributed by atoms with E-state index in [9.17, 15) is 0 Å². The van der Waals surface area contributed by atoms with Crippen LogP contribution in [0.5, 0.6) is 5.75 Å². The standard InChI is InChI=1S/C20H28N4O/c1-4-25-20-10-6-5-8-16(20)14-24-11-7-9-19(24)18-13-21-12-17(22-18)15-23(2)3/h5-6,8,10,12-13,19H,4,7,9,11,14-15H2,1-3H3. The van der Waals surface area contributed by atoms with Gasteiger partial charge in [0.1, 0.15) is 5.75 Å². The summed E-state index contributed by atoms with van der Waals surface area (Å²) in [5.74, 6) is 0.989. The summed E-state index contributed by atoms with van der Waals surface area (Å²) >= 11 is 0. The van der Waals surface area contributed by atoms with Crippen LogP contribution < -0.4 is 4.74 Å². The lowest BCUT2D eigenvalue weighted by Crippen LogP contribution is -2.24. The zero-order valence-corrected chi connectivity index (χ0v) is 15.5. The first-order valence-corrected chi connectivity index (χ1v) is 9.07. The molecule has 25 heavy (non-hydrogen) atoms. The Balaban J connectivity index is 1.77. The fourth-order valence-electron chi connectivity index (χ4n) is 3.48. The molecule has 2 heterocycles. The molecule has 1 aromatic heterocycles. The normalized spacial score (nSPS) is 18.0. The van der Waals surface area contributed by atoms with Crippen molar-refractivity contribution in [2.75, 3.05) is 27.2 Å². The average Bonchev–Trinajstić information content (AvgIpc) is 3.05. The van der Waals surface area contributed by atoms with Crippen molar-refractivity contribution in [2.45, 2.75) is 38.9 Å². The molecule has 0 spiro atoms. The van der Waals surface area contributed by atoms with Crippen LogP contribution in [0.1, 0.15) is 42.8 Å². The summed E-state index contributed by atoms with van der Waals surface area (Å²) in [6.07, 6.45) is 6.13. The minimum atomic E-state index is 0.337. The first-order chi connectivity index (χ1) is 12.2. The van der Waals surface area contributed by atoms with Gasteiger partial charge in [0.15, 0.2) is 0 Å². The molecule has 5 heteroatoms. The van der Waals surface area contributed by atoms with E-state index in [1.807, 2.05) is 25.4 Å². The molecular weight excluding hydrogens is 312 g/mol. The Morgan fingerprint density at radius 3 is 2.88 bits per heavy atom. The highest BCUT2D eigenvalue weighted by molar-refractivity contribution is 5.33. The van der Waals surface area contributed by atoms with E-state index in [4.69, 9.17) is 9.72 Å². The van der Waals surface area contributed by atoms with Crippen molar-refractivity contribution >= 4 is 0 Å². The molecule has 1 aliphatic rings. The summed E-state index contributed by atoms with van der Waals surface area (Å²) < 4.78 is 5.79. The Morgan fingerprint density at radius 1 is 1.24 bits per heavy atom. The average molecular weight is 340 g/mol. The topological polar surface area (TPSA) is 41.5 Å². The summed E-state index contributed by atoms with van der Waals surface area (Å²) in [4.78, 5) is 13.9. The Kier molecular flexibility index (Phi) is 6.00. The van der Waals surface area contributed by atoms with Crippen LogP contribution in [0.4, 0.5) is 0 Å². The van der Waals surface area contributed by atoms with Crippen molar-refractivity contribution in [1.29, 1.82) is 0 Å². The van der Waals surface area contributed by atoms with Crippen molar-refractivity contribution in [1.82, 2.24) is 19.8 Å². The summed E-state index contributed by atoms with van der Waals surface area (Å²) in [6.45, 7) is 5.52. The van der Waals surface area contributed by atoms with Gasteiger partial charge in [-0.05, 0) is 46.5 Å². The van der Waals surface area contributed by atoms with Gasteiger partial charge in [-0.2, -0.15) is 0 Å². The second-order valence-corrected chi connectivity index (χ2v) is 6.84. The van der Waals surface area contributed by atoms with Crippen molar-refractivity contribution in [3.8, 4) is 5.75 Å². The van der Waals surface area contributed by atoms with E-state index in [-0.39, 0.29) is 0 Å². The lowest BCUT2D eigenvalue weighted by Gasteiger charge is -2.25. The maximum Gasteiger partial charge on any atom is 0.123 e. The van der Waals surface area contributed by atoms with E-state index in [0.717, 1.165) is 43.2 Å². The number of para-hydroxylation sites is 1. The largest absolute Gasteiger partial charge is 0.494 e. The highest BCUT2D eigenvalue weighted by atomic mass is 16.5. The Labute approximate surface area is 150 Å². The molecule has 1 atom stereocenters. The van der Waals surface area contributed by atoms with Gasteiger partial charge in [-0.3, -0.25) is 14.9 Å². The van der Waals surface area contributed by atoms with E-state index in [2.05, 4.69) is 47.1 Å². The van der Waals surface area contributed by atoms with Crippen molar-refractivity contribution in [3.63, 3.8) is 0 Å². The molecule has 0 amide bonds. The number of hydrogen-bond acceptors (Lipinski definition) is 5. The third-order valence-electron chi connectivity index (χ3n) is 4.53. The monoisotopic (exact) mass is 340 g/mol. The van der Waals surface area contributed by atoms with Gasteiger partial charge in [0.05, 0.1) is 24.0 Å². The highest BCUT2D eigenvalue weighted by Crippen LogP contribution is 2.33. The van der Waals surface area contributed by atoms with Crippen LogP contribution in [-0.2, 0) is 13.1 Å². The number of likely N-dealkylation sites (tertiary alicyclic amines) is 1. The molecule has 0 bridgehead atoms. The Hall–Kier alpha value is -1.98. The summed E-state index contributed by atoms with van der Waals surface area (Å²) in [5, 5.41) is 0. The molecule has 1 fully saturated rings. The minimum absolute atomic E-state index is 0.337. The van der Waals surface area contributed by atoms with E-state index < -0.39 is 0 Å². The van der Waals surface area contributed by atoms with E-state index in [0.29, 0.717) is 12.6 Å². The molecule has 0 radical (unpaired) electrons. The third-order valence-corrected chi connectivity index (χ3v) is 4.53. The number of nitrogens with zero attached hydrogens (tertiary/aromatic N) is 4. The van der Waals surface area contributed by atoms with Crippen LogP contribution in [0.3, 0.4) is 0 Å². The van der Waals surface area contributed by atoms with Crippen LogP contribution in [0, 0.1) is 0 Å². The maximum absolute atomic E-state index is 5.79. The van der Waals surface area contributed by atoms with Gasteiger partial charge in [0, 0.05) is 31.0 Å². The molecule has 1 aromatic carbocycles. The molecule has 1 unspecified atom stereocenters. The molecule has 5 nitrogen and oxygen atoms in total. The molecule has 1 aliphatic heterocycles. The molecule has 0 saturated carbocycles. The summed E-state index contributed by atoms with van der Waals surface area (Å²) in [7, 11) is 4.11. The molecule has 1 saturated heterocycles. The summed E-state index contributed by atoms with van der Waals surface area (Å²) in [5.41, 5.74) is 3.36. The van der Waals surface area contributed by atoms with Crippen LogP contribution in [-0.4, -0.2) is 47.0 Å². The SMILES string of the molecule is CCOc1ccccc1CN1CCCC1c1cncc(CN(C)C)n1. The fraction of sp³-hybridized carbons (Fsp3) is 0.500. The third kappa shape index (κ3) is 4.55. The molecule has 2 aromatic rings. The Morgan fingerprint density at radius 2 is 2.08 bits per heavy atom. The highest BCUT2D eigenvalue weighted by Gasteiger charge is 2.28. The zero-order chi connectivity index (χ0) is 17.6. The van der Waals surface area contributed by atoms with Crippen molar-refractivity contribution in [2.24, 2.45) is 0 Å². The zero-order valence-electron chi connectivity index (χ0n) is 15.5. The number of hydrogen-bond donors (Lipinski definition) is 0. The van der Waals surface area contributed by atoms with Gasteiger partial charge in [-0.1, -0.05) is 18.2 Å². The molecule has 0 aliphatic carbocycles. The lowest BCUT2D eigenvalue weighted by molar-refractivity contribution is 0.237. The first kappa shape index (κ1) is 17.8. The Bertz CT molecular complexity index is 689. The number of ether oxygens (including phenoxy) is 1. The maximum atomic E-state index is 5.79. The van der Waals surface area contributed by atoms with Gasteiger partial charge < -0.3 is 9.64 Å². The molecule has 0 N–H and O–H groups in total. The van der Waals surface area contributed by atoms with E-state index >= 15 is 0 Å². The molecular formula is C20H28N4O. The number of rotatable bonds is 7. The van der Waals surface area contributed by atoms with Gasteiger partial charge >= 0.3 is 0 Å². The van der Waals surface area contributed by atoms with Gasteiger partial charge in [-0.25, -0.2) is 0 Å². The van der Waals surface area contributed by atoms with Gasteiger partial charge in [-0.15, -0.1) is 0 Å². The van der Waals surface area contributed by atoms with Crippen LogP contribution in [0.2, 0.25) is 0 Å². The van der Waals surface area contributed by atoms with E-state index in [1.54, 1.807) is 0 Å². The van der Waals surface area contributed by atoms with Crippen LogP contribution in [0.25, 0.3) is 0 Å². The summed E-state index contributed by atoms with van der Waals surface area (Å²) in [6, 6.07) is 8.67. The minimum Gasteiger partial charge on any atom is -0.494 e. The molecule has 134 valence electrons. The first-order valence-electron chi connectivity index (χ1n) is 9.07. The van der Waals surface area contributed by atoms with Crippen molar-refractivity contribution in [3.05, 3.63) is 53.6 Å². The second kappa shape index (κ2) is 8.41. The fourth-order valence-corrected chi connectivity index (χ4v) is 3.48.